The number of hydrogen-bond donors (Lipinski definition) is 4. The van der Waals surface area contributed by atoms with Gasteiger partial charge in [-0.05, 0) is 34.9 Å². The molecule has 9 N–H and O–H groups in total. The van der Waals surface area contributed by atoms with Gasteiger partial charge in [-0.15, -0.1) is 0 Å². The molecule has 0 radical (unpaired) electrons. The molecule has 0 amide bonds. The highest BCUT2D eigenvalue weighted by atomic mass is 32.3. The molecule has 0 aliphatic rings. The van der Waals surface area contributed by atoms with Gasteiger partial charge in [0.1, 0.15) is 0 Å². The number of rotatable bonds is 6. The number of hydrogen-bond acceptors (Lipinski definition) is 10. The minimum absolute atomic E-state index is 0. The number of aromatic nitrogens is 3. The highest BCUT2D eigenvalue weighted by molar-refractivity contribution is 7.80. The monoisotopic (exact) mass is 661 g/mol. The van der Waals surface area contributed by atoms with Crippen LogP contribution in [-0.2, 0) is 35.2 Å². The molecule has 0 aliphatic heterocycles. The smallest absolute Gasteiger partial charge is 0.328 e. The fourth-order valence-electron chi connectivity index (χ4n) is 2.04. The Morgan fingerprint density at radius 3 is 0.841 bits per heavy atom. The number of aliphatic carboxylic acids is 3. The summed E-state index contributed by atoms with van der Waals surface area (Å²) in [6.45, 7) is 0. The molecule has 3 rings (SSSR count). The largest absolute Gasteiger partial charge is 0.759 e. The van der Waals surface area contributed by atoms with Gasteiger partial charge in [-0.25, -0.2) is 37.8 Å². The molecule has 240 valence electrons. The lowest BCUT2D eigenvalue weighted by Crippen LogP contribution is -1.96. The van der Waals surface area contributed by atoms with Crippen LogP contribution in [0.3, 0.4) is 0 Å². The van der Waals surface area contributed by atoms with Gasteiger partial charge in [-0.2, -0.15) is 0 Å². The zero-order valence-corrected chi connectivity index (χ0v) is 23.7. The Morgan fingerprint density at radius 2 is 0.705 bits per heavy atom. The van der Waals surface area contributed by atoms with E-state index in [1.54, 1.807) is 73.6 Å². The topological polar surface area (TPSA) is 344 Å². The number of H-pyrrole nitrogens is 3. The second-order valence-electron chi connectivity index (χ2n) is 6.85. The van der Waals surface area contributed by atoms with Crippen LogP contribution in [0.4, 0.5) is 0 Å². The predicted octanol–water partition coefficient (Wildman–Crippen LogP) is -1.36. The zero-order chi connectivity index (χ0) is 33.3. The molecule has 0 aliphatic carbocycles. The number of carbonyl (C=O) groups is 3. The molecule has 3 aromatic heterocycles. The van der Waals surface area contributed by atoms with Gasteiger partial charge < -0.3 is 34.5 Å². The first kappa shape index (κ1) is 43.2. The molecule has 0 saturated carbocycles. The number of nitrogens with one attached hydrogen (secondary N) is 3. The van der Waals surface area contributed by atoms with E-state index < -0.39 is 38.7 Å². The van der Waals surface area contributed by atoms with E-state index in [4.69, 9.17) is 50.4 Å². The molecule has 0 fully saturated rings. The van der Waals surface area contributed by atoms with Crippen LogP contribution in [0.1, 0.15) is 16.7 Å². The molecule has 0 saturated heterocycles. The van der Waals surface area contributed by atoms with E-state index in [-0.39, 0.29) is 5.48 Å². The van der Waals surface area contributed by atoms with Crippen molar-refractivity contribution < 1.29 is 85.2 Å². The van der Waals surface area contributed by atoms with Crippen molar-refractivity contribution in [1.82, 2.24) is 0 Å². The van der Waals surface area contributed by atoms with Gasteiger partial charge in [-0.3, -0.25) is 13.0 Å². The first-order valence-corrected chi connectivity index (χ1v) is 13.5. The van der Waals surface area contributed by atoms with Gasteiger partial charge in [0.05, 0.1) is 0 Å². The molecular formula is C24H27N3O15S2. The van der Waals surface area contributed by atoms with E-state index in [2.05, 4.69) is 15.0 Å². The van der Waals surface area contributed by atoms with Crippen molar-refractivity contribution in [1.29, 1.82) is 0 Å². The summed E-state index contributed by atoms with van der Waals surface area (Å²) in [4.78, 5) is 38.8. The second kappa shape index (κ2) is 24.4. The van der Waals surface area contributed by atoms with Crippen molar-refractivity contribution in [2.24, 2.45) is 0 Å². The molecular weight excluding hydrogens is 634 g/mol. The van der Waals surface area contributed by atoms with Crippen LogP contribution in [0.2, 0.25) is 0 Å². The van der Waals surface area contributed by atoms with E-state index in [1.165, 1.54) is 18.2 Å². The highest BCUT2D eigenvalue weighted by Gasteiger charge is 1.90. The highest BCUT2D eigenvalue weighted by Crippen LogP contribution is 1.98. The Kier molecular flexibility index (Phi) is 24.0. The minimum atomic E-state index is -5.17. The molecule has 18 nitrogen and oxygen atoms in total. The van der Waals surface area contributed by atoms with Crippen molar-refractivity contribution in [3.05, 3.63) is 108 Å². The number of carboxylic acids is 3. The lowest BCUT2D eigenvalue weighted by atomic mass is 10.2. The van der Waals surface area contributed by atoms with Gasteiger partial charge in [-0.1, -0.05) is 0 Å². The van der Waals surface area contributed by atoms with Crippen LogP contribution < -0.4 is 15.0 Å². The lowest BCUT2D eigenvalue weighted by molar-refractivity contribution is -0.378. The summed E-state index contributed by atoms with van der Waals surface area (Å²) in [7, 11) is -10.1. The van der Waals surface area contributed by atoms with Crippen molar-refractivity contribution in [3.8, 4) is 0 Å². The van der Waals surface area contributed by atoms with Crippen LogP contribution in [0.5, 0.6) is 0 Å². The number of carboxylic acid groups (broad SMARTS) is 3. The Labute approximate surface area is 250 Å². The van der Waals surface area contributed by atoms with Crippen molar-refractivity contribution >= 4 is 56.9 Å². The third-order valence-electron chi connectivity index (χ3n) is 3.49. The summed E-state index contributed by atoms with van der Waals surface area (Å²) in [5, 5.41) is 24.8. The average molecular weight is 662 g/mol. The fourth-order valence-corrected chi connectivity index (χ4v) is 2.04. The third kappa shape index (κ3) is 41.3. The van der Waals surface area contributed by atoms with Gasteiger partial charge in [0.25, 0.3) is 0 Å². The molecule has 3 aromatic rings. The first-order valence-electron chi connectivity index (χ1n) is 10.8. The number of pyridine rings is 3. The Morgan fingerprint density at radius 1 is 0.545 bits per heavy atom. The van der Waals surface area contributed by atoms with Crippen LogP contribution in [0, 0.1) is 0 Å². The quantitative estimate of drug-likeness (QED) is 0.135. The van der Waals surface area contributed by atoms with Gasteiger partial charge in [0.15, 0.2) is 37.2 Å². The molecule has 0 bridgehead atoms. The van der Waals surface area contributed by atoms with E-state index in [9.17, 15) is 14.4 Å². The standard InChI is InChI=1S/3C8H7NO2.2H2O4S.H2O/c3*10-8(11)2-1-7-3-5-9-6-4-7;2*1-5(2,3)4;/h3*1-6H,(H,10,11);2*(H2,1,2,3,4);1H2/b3*2-1+;;;. The Hall–Kier alpha value is -5.22. The van der Waals surface area contributed by atoms with Crippen molar-refractivity contribution in [2.45, 2.75) is 0 Å². The van der Waals surface area contributed by atoms with E-state index in [0.717, 1.165) is 34.9 Å². The molecule has 0 aromatic carbocycles. The maximum atomic E-state index is 10.1. The minimum Gasteiger partial charge on any atom is -0.759 e. The molecule has 3 heterocycles. The maximum absolute atomic E-state index is 10.1. The molecule has 0 spiro atoms. The van der Waals surface area contributed by atoms with Gasteiger partial charge >= 0.3 is 17.9 Å². The van der Waals surface area contributed by atoms with Gasteiger partial charge in [0, 0.05) is 65.0 Å². The predicted molar refractivity (Wildman–Crippen MR) is 145 cm³/mol. The molecule has 0 unspecified atom stereocenters. The zero-order valence-electron chi connectivity index (χ0n) is 22.1. The van der Waals surface area contributed by atoms with E-state index >= 15 is 0 Å². The summed E-state index contributed by atoms with van der Waals surface area (Å²) >= 11 is 0. The molecule has 20 heteroatoms. The Bertz CT molecular complexity index is 1360. The fraction of sp³-hybridized carbons (Fsp3) is 0. The number of aromatic amines is 3. The third-order valence-corrected chi connectivity index (χ3v) is 3.49. The first-order chi connectivity index (χ1) is 19.9. The van der Waals surface area contributed by atoms with Crippen molar-refractivity contribution in [3.63, 3.8) is 0 Å². The van der Waals surface area contributed by atoms with Crippen molar-refractivity contribution in [2.75, 3.05) is 0 Å². The SMILES string of the molecule is O.O=C(O)/C=C/c1cc[nH+]cc1.O=C(O)/C=C/c1cc[nH+]cc1.O=C(O)/C=C/c1cc[nH+]cc1.O=S(=O)([O-])O.O=S(=O)([O-])[O-]. The van der Waals surface area contributed by atoms with Crippen LogP contribution >= 0.6 is 0 Å². The summed E-state index contributed by atoms with van der Waals surface area (Å²) in [6.07, 6.45) is 18.4. The maximum Gasteiger partial charge on any atom is 0.328 e. The summed E-state index contributed by atoms with van der Waals surface area (Å²) < 4.78 is 66.9. The average Bonchev–Trinajstić information content (AvgIpc) is 2.90. The second-order valence-corrected chi connectivity index (χ2v) is 8.52. The van der Waals surface area contributed by atoms with E-state index in [1.807, 2.05) is 0 Å². The van der Waals surface area contributed by atoms with Crippen LogP contribution in [-0.4, -0.2) is 73.8 Å². The summed E-state index contributed by atoms with van der Waals surface area (Å²) in [6, 6.07) is 10.7. The summed E-state index contributed by atoms with van der Waals surface area (Å²) in [5.74, 6) is -2.80. The summed E-state index contributed by atoms with van der Waals surface area (Å²) in [5.41, 5.74) is 2.60. The van der Waals surface area contributed by atoms with Crippen LogP contribution in [0.15, 0.2) is 91.8 Å². The van der Waals surface area contributed by atoms with Gasteiger partial charge in [0.2, 0.25) is 10.4 Å². The normalized spacial score (nSPS) is 10.3. The lowest BCUT2D eigenvalue weighted by Gasteiger charge is -2.06. The molecule has 0 atom stereocenters. The van der Waals surface area contributed by atoms with E-state index in [0.29, 0.717) is 0 Å². The molecule has 44 heavy (non-hydrogen) atoms. The Balaban J connectivity index is -0.000000494. The van der Waals surface area contributed by atoms with Crippen LogP contribution in [0.25, 0.3) is 18.2 Å².